The molecule has 0 saturated carbocycles. The molecule has 0 saturated heterocycles. The molecule has 18 heavy (non-hydrogen) atoms. The van der Waals surface area contributed by atoms with Gasteiger partial charge >= 0.3 is 0 Å². The highest BCUT2D eigenvalue weighted by atomic mass is 28.2. The van der Waals surface area contributed by atoms with Gasteiger partial charge in [-0.25, -0.2) is 17.6 Å². The van der Waals surface area contributed by atoms with E-state index in [1.54, 1.807) is 0 Å². The second-order valence-electron chi connectivity index (χ2n) is 4.23. The second-order valence-corrected chi connectivity index (χ2v) is 4.64. The molecular formula is C12H16F4OSi. The maximum absolute atomic E-state index is 13.6. The lowest BCUT2D eigenvalue weighted by Crippen LogP contribution is -2.33. The number of benzene rings is 1. The molecule has 0 amide bonds. The van der Waals surface area contributed by atoms with Crippen molar-refractivity contribution in [2.24, 2.45) is 0 Å². The van der Waals surface area contributed by atoms with E-state index in [-0.39, 0.29) is 12.0 Å². The van der Waals surface area contributed by atoms with Gasteiger partial charge in [0.15, 0.2) is 23.3 Å². The van der Waals surface area contributed by atoms with Crippen molar-refractivity contribution in [1.29, 1.82) is 0 Å². The fourth-order valence-electron chi connectivity index (χ4n) is 1.96. The third-order valence-corrected chi connectivity index (χ3v) is 4.28. The van der Waals surface area contributed by atoms with Crippen LogP contribution in [0.5, 0.6) is 0 Å². The molecule has 102 valence electrons. The van der Waals surface area contributed by atoms with Crippen molar-refractivity contribution < 1.29 is 22.0 Å². The molecule has 0 radical (unpaired) electrons. The molecule has 0 aromatic heterocycles. The number of rotatable bonds is 5. The van der Waals surface area contributed by atoms with Crippen molar-refractivity contribution >= 4 is 10.5 Å². The summed E-state index contributed by atoms with van der Waals surface area (Å²) in [7, 11) is 0.435. The summed E-state index contributed by atoms with van der Waals surface area (Å²) in [4.78, 5) is 0. The van der Waals surface area contributed by atoms with Crippen molar-refractivity contribution in [1.82, 2.24) is 0 Å². The molecular weight excluding hydrogens is 264 g/mol. The lowest BCUT2D eigenvalue weighted by molar-refractivity contribution is 0.0700. The minimum absolute atomic E-state index is 0.0312. The van der Waals surface area contributed by atoms with Gasteiger partial charge in [0.05, 0.1) is 5.60 Å². The van der Waals surface area contributed by atoms with E-state index in [9.17, 15) is 17.6 Å². The molecule has 1 aromatic carbocycles. The van der Waals surface area contributed by atoms with Crippen LogP contribution in [-0.4, -0.2) is 16.1 Å². The first-order chi connectivity index (χ1) is 8.40. The van der Waals surface area contributed by atoms with Crippen molar-refractivity contribution in [3.63, 3.8) is 0 Å². The zero-order chi connectivity index (χ0) is 13.9. The van der Waals surface area contributed by atoms with Crippen LogP contribution < -0.4 is 0 Å². The molecule has 0 atom stereocenters. The summed E-state index contributed by atoms with van der Waals surface area (Å²) in [6.07, 6.45) is 1.21. The van der Waals surface area contributed by atoms with Crippen molar-refractivity contribution in [3.8, 4) is 0 Å². The molecule has 0 spiro atoms. The van der Waals surface area contributed by atoms with E-state index in [0.717, 1.165) is 0 Å². The van der Waals surface area contributed by atoms with Crippen LogP contribution >= 0.6 is 0 Å². The molecule has 0 heterocycles. The van der Waals surface area contributed by atoms with Gasteiger partial charge in [0.1, 0.15) is 10.5 Å². The number of halogens is 4. The molecule has 0 fully saturated rings. The largest absolute Gasteiger partial charge is 0.422 e. The Bertz CT molecular complexity index is 424. The van der Waals surface area contributed by atoms with E-state index < -0.39 is 28.9 Å². The van der Waals surface area contributed by atoms with Gasteiger partial charge in [-0.15, -0.1) is 0 Å². The quantitative estimate of drug-likeness (QED) is 0.349. The van der Waals surface area contributed by atoms with Gasteiger partial charge in [-0.05, 0) is 24.5 Å². The predicted molar refractivity (Wildman–Crippen MR) is 64.3 cm³/mol. The lowest BCUT2D eigenvalue weighted by atomic mass is 9.89. The van der Waals surface area contributed by atoms with Crippen molar-refractivity contribution in [2.75, 3.05) is 0 Å². The van der Waals surface area contributed by atoms with Crippen LogP contribution in [0.1, 0.15) is 32.3 Å². The zero-order valence-electron chi connectivity index (χ0n) is 10.6. The SMILES string of the molecule is CCC(CC)(Cc1cc(F)c(F)c(F)c1F)O[SiH3]. The highest BCUT2D eigenvalue weighted by molar-refractivity contribution is 5.98. The average molecular weight is 280 g/mol. The van der Waals surface area contributed by atoms with E-state index in [1.165, 1.54) is 0 Å². The maximum Gasteiger partial charge on any atom is 0.197 e. The minimum Gasteiger partial charge on any atom is -0.422 e. The molecule has 0 aliphatic heterocycles. The topological polar surface area (TPSA) is 9.23 Å². The van der Waals surface area contributed by atoms with Gasteiger partial charge < -0.3 is 4.43 Å². The van der Waals surface area contributed by atoms with Crippen LogP contribution in [0, 0.1) is 23.3 Å². The second kappa shape index (κ2) is 5.84. The molecule has 0 bridgehead atoms. The third kappa shape index (κ3) is 2.75. The predicted octanol–water partition coefficient (Wildman–Crippen LogP) is 2.64. The first-order valence-corrected chi connectivity index (χ1v) is 6.59. The zero-order valence-corrected chi connectivity index (χ0v) is 12.6. The van der Waals surface area contributed by atoms with Crippen molar-refractivity contribution in [2.45, 2.75) is 38.7 Å². The molecule has 1 rings (SSSR count). The Morgan fingerprint density at radius 1 is 1.06 bits per heavy atom. The smallest absolute Gasteiger partial charge is 0.197 e. The van der Waals surface area contributed by atoms with Gasteiger partial charge in [0.2, 0.25) is 0 Å². The Balaban J connectivity index is 3.19. The fourth-order valence-corrected chi connectivity index (χ4v) is 2.68. The van der Waals surface area contributed by atoms with Crippen LogP contribution in [0.3, 0.4) is 0 Å². The highest BCUT2D eigenvalue weighted by Crippen LogP contribution is 2.28. The van der Waals surface area contributed by atoms with E-state index >= 15 is 0 Å². The van der Waals surface area contributed by atoms with E-state index in [1.807, 2.05) is 13.8 Å². The van der Waals surface area contributed by atoms with Crippen molar-refractivity contribution in [3.05, 3.63) is 34.9 Å². The monoisotopic (exact) mass is 280 g/mol. The summed E-state index contributed by atoms with van der Waals surface area (Å²) in [5.74, 6) is -6.25. The van der Waals surface area contributed by atoms with Gasteiger partial charge in [-0.3, -0.25) is 0 Å². The average Bonchev–Trinajstić information content (AvgIpc) is 2.39. The third-order valence-electron chi connectivity index (χ3n) is 3.41. The van der Waals surface area contributed by atoms with E-state index in [2.05, 4.69) is 0 Å². The van der Waals surface area contributed by atoms with Crippen LogP contribution in [0.2, 0.25) is 0 Å². The molecule has 0 unspecified atom stereocenters. The highest BCUT2D eigenvalue weighted by Gasteiger charge is 2.29. The first kappa shape index (κ1) is 15.2. The molecule has 6 heteroatoms. The lowest BCUT2D eigenvalue weighted by Gasteiger charge is -2.31. The Labute approximate surface area is 107 Å². The van der Waals surface area contributed by atoms with Crippen LogP contribution in [0.15, 0.2) is 6.07 Å². The summed E-state index contributed by atoms with van der Waals surface area (Å²) in [5.41, 5.74) is -0.824. The Kier molecular flexibility index (Phi) is 4.92. The van der Waals surface area contributed by atoms with Gasteiger partial charge in [-0.1, -0.05) is 13.8 Å². The maximum atomic E-state index is 13.6. The molecule has 1 nitrogen and oxygen atoms in total. The molecule has 0 aliphatic carbocycles. The van der Waals surface area contributed by atoms with Gasteiger partial charge in [0.25, 0.3) is 0 Å². The molecule has 1 aromatic rings. The van der Waals surface area contributed by atoms with E-state index in [0.29, 0.717) is 29.4 Å². The van der Waals surface area contributed by atoms with Crippen LogP contribution in [0.25, 0.3) is 0 Å². The Hall–Kier alpha value is -0.883. The Morgan fingerprint density at radius 2 is 1.61 bits per heavy atom. The normalized spacial score (nSPS) is 12.1. The minimum atomic E-state index is -1.78. The molecule has 0 aliphatic rings. The first-order valence-electron chi connectivity index (χ1n) is 5.77. The fraction of sp³-hybridized carbons (Fsp3) is 0.500. The number of hydrogen-bond acceptors (Lipinski definition) is 1. The summed E-state index contributed by atoms with van der Waals surface area (Å²) < 4.78 is 58.0. The van der Waals surface area contributed by atoms with E-state index in [4.69, 9.17) is 4.43 Å². The van der Waals surface area contributed by atoms with Gasteiger partial charge in [-0.2, -0.15) is 0 Å². The summed E-state index contributed by atoms with van der Waals surface area (Å²) >= 11 is 0. The number of hydrogen-bond donors (Lipinski definition) is 0. The Morgan fingerprint density at radius 3 is 2.06 bits per heavy atom. The van der Waals surface area contributed by atoms with Crippen LogP contribution in [-0.2, 0) is 10.8 Å². The summed E-state index contributed by atoms with van der Waals surface area (Å²) in [5, 5.41) is 0. The standard InChI is InChI=1S/C12H16F4OSi/c1-3-12(4-2,17-18)6-7-5-8(13)10(15)11(16)9(7)14/h5H,3-4,6H2,1-2,18H3. The van der Waals surface area contributed by atoms with Gasteiger partial charge in [0, 0.05) is 6.42 Å². The summed E-state index contributed by atoms with van der Waals surface area (Å²) in [6, 6.07) is 0.703. The summed E-state index contributed by atoms with van der Waals surface area (Å²) in [6.45, 7) is 3.71. The molecule has 0 N–H and O–H groups in total. The van der Waals surface area contributed by atoms with Crippen LogP contribution in [0.4, 0.5) is 17.6 Å².